The van der Waals surface area contributed by atoms with Crippen LogP contribution in [0.15, 0.2) is 98.1 Å². The molecule has 0 aliphatic heterocycles. The molecule has 0 unspecified atom stereocenters. The Morgan fingerprint density at radius 3 is 2.05 bits per heavy atom. The number of rotatable bonds is 10. The van der Waals surface area contributed by atoms with Gasteiger partial charge >= 0.3 is 17.9 Å². The molecule has 0 spiro atoms. The maximum atomic E-state index is 12.5. The second kappa shape index (κ2) is 12.6. The zero-order chi connectivity index (χ0) is 26.8. The lowest BCUT2D eigenvalue weighted by Crippen LogP contribution is -2.09. The van der Waals surface area contributed by atoms with Gasteiger partial charge in [-0.3, -0.25) is 4.79 Å². The van der Waals surface area contributed by atoms with Crippen molar-refractivity contribution in [1.29, 1.82) is 0 Å². The summed E-state index contributed by atoms with van der Waals surface area (Å²) in [6.07, 6.45) is 5.37. The zero-order valence-corrected chi connectivity index (χ0v) is 20.1. The number of ether oxygens (including phenoxy) is 3. The number of hydrogen-bond donors (Lipinski definition) is 0. The molecule has 3 aromatic carbocycles. The molecule has 3 rings (SSSR count). The normalized spacial score (nSPS) is 10.4. The highest BCUT2D eigenvalue weighted by Crippen LogP contribution is 2.24. The van der Waals surface area contributed by atoms with Gasteiger partial charge in [0.15, 0.2) is 5.78 Å². The minimum absolute atomic E-state index is 0.107. The van der Waals surface area contributed by atoms with Crippen LogP contribution in [-0.4, -0.2) is 23.7 Å². The Morgan fingerprint density at radius 1 is 0.757 bits per heavy atom. The minimum Gasteiger partial charge on any atom is -0.423 e. The van der Waals surface area contributed by atoms with Gasteiger partial charge in [-0.2, -0.15) is 0 Å². The van der Waals surface area contributed by atoms with Gasteiger partial charge in [-0.1, -0.05) is 37.4 Å². The summed E-state index contributed by atoms with van der Waals surface area (Å²) >= 11 is 0. The van der Waals surface area contributed by atoms with Gasteiger partial charge in [0.1, 0.15) is 17.2 Å². The Bertz CT molecular complexity index is 1360. The maximum Gasteiger partial charge on any atom is 0.343 e. The Morgan fingerprint density at radius 2 is 1.43 bits per heavy atom. The van der Waals surface area contributed by atoms with Crippen molar-refractivity contribution in [1.82, 2.24) is 0 Å². The molecule has 186 valence electrons. The molecule has 0 aromatic heterocycles. The van der Waals surface area contributed by atoms with E-state index in [-0.39, 0.29) is 12.2 Å². The summed E-state index contributed by atoms with van der Waals surface area (Å²) in [5.41, 5.74) is 2.40. The van der Waals surface area contributed by atoms with Crippen LogP contribution in [0.3, 0.4) is 0 Å². The molecule has 0 saturated heterocycles. The van der Waals surface area contributed by atoms with Gasteiger partial charge < -0.3 is 14.2 Å². The van der Waals surface area contributed by atoms with Crippen molar-refractivity contribution < 1.29 is 33.4 Å². The Balaban J connectivity index is 1.56. The van der Waals surface area contributed by atoms with Crippen LogP contribution in [-0.2, 0) is 20.8 Å². The Hall–Kier alpha value is -5.04. The van der Waals surface area contributed by atoms with E-state index in [1.165, 1.54) is 24.3 Å². The Labute approximate surface area is 214 Å². The third kappa shape index (κ3) is 8.00. The van der Waals surface area contributed by atoms with Crippen LogP contribution < -0.4 is 14.2 Å². The summed E-state index contributed by atoms with van der Waals surface area (Å²) in [6.45, 7) is 8.50. The summed E-state index contributed by atoms with van der Waals surface area (Å²) in [6, 6.07) is 17.7. The SMILES string of the molecule is C=CC(=O)Cc1ccc(C(=O)Oc2ccc(OC(=O)/C=C/c3ccc(OC(=O)C=C)cc3)c(C)c2)cc1. The minimum atomic E-state index is -0.593. The first kappa shape index (κ1) is 26.6. The molecule has 7 heteroatoms. The highest BCUT2D eigenvalue weighted by Gasteiger charge is 2.12. The number of benzene rings is 3. The molecule has 0 aliphatic rings. The van der Waals surface area contributed by atoms with E-state index in [9.17, 15) is 19.2 Å². The largest absolute Gasteiger partial charge is 0.423 e. The molecule has 0 heterocycles. The van der Waals surface area contributed by atoms with Crippen molar-refractivity contribution in [3.8, 4) is 17.2 Å². The van der Waals surface area contributed by atoms with E-state index < -0.39 is 17.9 Å². The van der Waals surface area contributed by atoms with Crippen molar-refractivity contribution >= 4 is 29.8 Å². The van der Waals surface area contributed by atoms with E-state index in [0.717, 1.165) is 11.6 Å². The number of esters is 3. The summed E-state index contributed by atoms with van der Waals surface area (Å²) in [7, 11) is 0. The van der Waals surface area contributed by atoms with Crippen LogP contribution in [0.5, 0.6) is 17.2 Å². The first-order valence-corrected chi connectivity index (χ1v) is 11.2. The van der Waals surface area contributed by atoms with Crippen molar-refractivity contribution in [3.63, 3.8) is 0 Å². The van der Waals surface area contributed by atoms with E-state index in [1.54, 1.807) is 67.6 Å². The predicted octanol–water partition coefficient (Wildman–Crippen LogP) is 5.22. The van der Waals surface area contributed by atoms with E-state index in [1.807, 2.05) is 0 Å². The first-order chi connectivity index (χ1) is 17.8. The molecule has 0 radical (unpaired) electrons. The van der Waals surface area contributed by atoms with Gasteiger partial charge in [0.2, 0.25) is 0 Å². The van der Waals surface area contributed by atoms with E-state index >= 15 is 0 Å². The topological polar surface area (TPSA) is 96.0 Å². The van der Waals surface area contributed by atoms with E-state index in [4.69, 9.17) is 14.2 Å². The van der Waals surface area contributed by atoms with Gasteiger partial charge in [0.25, 0.3) is 0 Å². The Kier molecular flexibility index (Phi) is 9.05. The van der Waals surface area contributed by atoms with Crippen molar-refractivity contribution in [3.05, 3.63) is 120 Å². The molecular weight excluding hydrogens is 472 g/mol. The molecule has 0 bridgehead atoms. The molecule has 0 aliphatic carbocycles. The third-order valence-corrected chi connectivity index (χ3v) is 5.04. The number of ketones is 1. The molecule has 0 N–H and O–H groups in total. The van der Waals surface area contributed by atoms with Gasteiger partial charge in [-0.15, -0.1) is 0 Å². The van der Waals surface area contributed by atoms with Crippen LogP contribution in [0.25, 0.3) is 6.08 Å². The lowest BCUT2D eigenvalue weighted by atomic mass is 10.1. The van der Waals surface area contributed by atoms with Gasteiger partial charge in [-0.05, 0) is 78.2 Å². The monoisotopic (exact) mass is 496 g/mol. The number of allylic oxidation sites excluding steroid dienone is 1. The van der Waals surface area contributed by atoms with Crippen LogP contribution in [0.2, 0.25) is 0 Å². The van der Waals surface area contributed by atoms with Crippen LogP contribution in [0, 0.1) is 6.92 Å². The summed E-state index contributed by atoms with van der Waals surface area (Å²) < 4.78 is 15.8. The zero-order valence-electron chi connectivity index (χ0n) is 20.1. The van der Waals surface area contributed by atoms with Crippen LogP contribution in [0.1, 0.15) is 27.0 Å². The first-order valence-electron chi connectivity index (χ1n) is 11.2. The fraction of sp³-hybridized carbons (Fsp3) is 0.0667. The molecule has 0 saturated carbocycles. The van der Waals surface area contributed by atoms with E-state index in [2.05, 4.69) is 13.2 Å². The second-order valence-electron chi connectivity index (χ2n) is 7.81. The summed E-state index contributed by atoms with van der Waals surface area (Å²) in [4.78, 5) is 47.4. The fourth-order valence-corrected chi connectivity index (χ4v) is 3.11. The van der Waals surface area contributed by atoms with Gasteiger partial charge in [-0.25, -0.2) is 14.4 Å². The highest BCUT2D eigenvalue weighted by molar-refractivity contribution is 5.93. The lowest BCUT2D eigenvalue weighted by molar-refractivity contribution is -0.129. The second-order valence-corrected chi connectivity index (χ2v) is 7.81. The average molecular weight is 497 g/mol. The van der Waals surface area contributed by atoms with Gasteiger partial charge in [0, 0.05) is 18.6 Å². The maximum absolute atomic E-state index is 12.5. The predicted molar refractivity (Wildman–Crippen MR) is 138 cm³/mol. The summed E-state index contributed by atoms with van der Waals surface area (Å²) in [5, 5.41) is 0. The van der Waals surface area contributed by atoms with Crippen LogP contribution in [0.4, 0.5) is 0 Å². The highest BCUT2D eigenvalue weighted by atomic mass is 16.5. The molecule has 0 atom stereocenters. The number of aryl methyl sites for hydroxylation is 1. The number of carbonyl (C=O) groups is 4. The molecule has 0 fully saturated rings. The molecular formula is C30H24O7. The van der Waals surface area contributed by atoms with Crippen molar-refractivity contribution in [2.75, 3.05) is 0 Å². The fourth-order valence-electron chi connectivity index (χ4n) is 3.11. The average Bonchev–Trinajstić information content (AvgIpc) is 2.90. The quantitative estimate of drug-likeness (QED) is 0.216. The smallest absolute Gasteiger partial charge is 0.343 e. The van der Waals surface area contributed by atoms with Crippen molar-refractivity contribution in [2.45, 2.75) is 13.3 Å². The standard InChI is InChI=1S/C30H24O7/c1-4-24(31)19-22-6-11-23(12-7-22)30(34)36-26-15-16-27(20(3)18-26)37-29(33)17-10-21-8-13-25(14-9-21)35-28(32)5-2/h4-18H,1-2,19H2,3H3/b17-10+. The number of hydrogen-bond acceptors (Lipinski definition) is 7. The molecule has 3 aromatic rings. The molecule has 0 amide bonds. The number of carbonyl (C=O) groups excluding carboxylic acids is 4. The molecule has 7 nitrogen and oxygen atoms in total. The van der Waals surface area contributed by atoms with Crippen molar-refractivity contribution in [2.24, 2.45) is 0 Å². The third-order valence-electron chi connectivity index (χ3n) is 5.04. The molecule has 37 heavy (non-hydrogen) atoms. The van der Waals surface area contributed by atoms with Gasteiger partial charge in [0.05, 0.1) is 5.56 Å². The lowest BCUT2D eigenvalue weighted by Gasteiger charge is -2.09. The van der Waals surface area contributed by atoms with Crippen LogP contribution >= 0.6 is 0 Å². The summed E-state index contributed by atoms with van der Waals surface area (Å²) in [5.74, 6) is -0.847. The van der Waals surface area contributed by atoms with E-state index in [0.29, 0.717) is 33.9 Å².